The van der Waals surface area contributed by atoms with Crippen molar-refractivity contribution in [3.05, 3.63) is 35.9 Å². The van der Waals surface area contributed by atoms with Crippen LogP contribution in [0.15, 0.2) is 35.3 Å². The molecule has 4 nitrogen and oxygen atoms in total. The van der Waals surface area contributed by atoms with Crippen LogP contribution in [0.5, 0.6) is 0 Å². The molecular weight excluding hydrogens is 423 g/mol. The number of hydrogen-bond acceptors (Lipinski definition) is 2. The van der Waals surface area contributed by atoms with Crippen molar-refractivity contribution in [3.8, 4) is 0 Å². The lowest BCUT2D eigenvalue weighted by Crippen LogP contribution is -2.42. The summed E-state index contributed by atoms with van der Waals surface area (Å²) in [6.45, 7) is 6.22. The first-order chi connectivity index (χ1) is 11.8. The van der Waals surface area contributed by atoms with E-state index in [4.69, 9.17) is 0 Å². The summed E-state index contributed by atoms with van der Waals surface area (Å²) in [5, 5.41) is 3.71. The van der Waals surface area contributed by atoms with Gasteiger partial charge in [-0.3, -0.25) is 4.99 Å². The highest BCUT2D eigenvalue weighted by Gasteiger charge is 2.40. The van der Waals surface area contributed by atoms with Crippen molar-refractivity contribution in [2.75, 3.05) is 39.8 Å². The van der Waals surface area contributed by atoms with Gasteiger partial charge in [-0.05, 0) is 50.3 Å². The predicted molar refractivity (Wildman–Crippen MR) is 115 cm³/mol. The summed E-state index contributed by atoms with van der Waals surface area (Å²) in [4.78, 5) is 9.69. The number of rotatable bonds is 4. The minimum Gasteiger partial charge on any atom is -0.353 e. The first kappa shape index (κ1) is 19.0. The molecule has 25 heavy (non-hydrogen) atoms. The normalized spacial score (nSPS) is 29.6. The molecule has 1 aromatic rings. The van der Waals surface area contributed by atoms with Gasteiger partial charge in [-0.15, -0.1) is 24.0 Å². The topological polar surface area (TPSA) is 30.9 Å². The number of nitrogens with zero attached hydrogens (tertiary/aromatic N) is 3. The summed E-state index contributed by atoms with van der Waals surface area (Å²) >= 11 is 0. The monoisotopic (exact) mass is 454 g/mol. The number of hydrogen-bond donors (Lipinski definition) is 1. The summed E-state index contributed by atoms with van der Waals surface area (Å²) < 4.78 is 0. The van der Waals surface area contributed by atoms with Gasteiger partial charge in [-0.1, -0.05) is 30.3 Å². The van der Waals surface area contributed by atoms with Gasteiger partial charge in [0.15, 0.2) is 5.96 Å². The molecule has 0 radical (unpaired) electrons. The van der Waals surface area contributed by atoms with Crippen LogP contribution >= 0.6 is 24.0 Å². The SMILES string of the molecule is CN=C(NC1CC1c1ccccc1)N1CCC(CN2CCCC2)C1.I. The molecule has 0 bridgehead atoms. The van der Waals surface area contributed by atoms with Crippen molar-refractivity contribution in [2.45, 2.75) is 37.6 Å². The van der Waals surface area contributed by atoms with Gasteiger partial charge in [0.25, 0.3) is 0 Å². The molecule has 0 aromatic heterocycles. The lowest BCUT2D eigenvalue weighted by molar-refractivity contribution is 0.281. The Morgan fingerprint density at radius 3 is 2.64 bits per heavy atom. The highest BCUT2D eigenvalue weighted by atomic mass is 127. The van der Waals surface area contributed by atoms with E-state index in [2.05, 4.69) is 50.4 Å². The summed E-state index contributed by atoms with van der Waals surface area (Å²) in [6, 6.07) is 11.4. The fourth-order valence-corrected chi connectivity index (χ4v) is 4.39. The molecule has 0 amide bonds. The van der Waals surface area contributed by atoms with Gasteiger partial charge in [0.05, 0.1) is 0 Å². The Kier molecular flexibility index (Phi) is 6.61. The molecule has 0 spiro atoms. The Labute approximate surface area is 169 Å². The molecule has 2 heterocycles. The molecule has 2 aliphatic heterocycles. The van der Waals surface area contributed by atoms with Crippen LogP contribution in [0.2, 0.25) is 0 Å². The Morgan fingerprint density at radius 2 is 1.92 bits per heavy atom. The van der Waals surface area contributed by atoms with Gasteiger partial charge >= 0.3 is 0 Å². The minimum absolute atomic E-state index is 0. The van der Waals surface area contributed by atoms with E-state index in [1.54, 1.807) is 0 Å². The molecular formula is C20H31IN4. The highest BCUT2D eigenvalue weighted by molar-refractivity contribution is 14.0. The largest absolute Gasteiger partial charge is 0.353 e. The Hall–Kier alpha value is -0.820. The highest BCUT2D eigenvalue weighted by Crippen LogP contribution is 2.40. The van der Waals surface area contributed by atoms with Crippen LogP contribution in [-0.4, -0.2) is 61.6 Å². The van der Waals surface area contributed by atoms with Crippen LogP contribution in [0.1, 0.15) is 37.2 Å². The molecule has 1 aliphatic carbocycles. The van der Waals surface area contributed by atoms with Crippen molar-refractivity contribution in [2.24, 2.45) is 10.9 Å². The average molecular weight is 454 g/mol. The van der Waals surface area contributed by atoms with E-state index < -0.39 is 0 Å². The molecule has 3 aliphatic rings. The first-order valence-electron chi connectivity index (χ1n) is 9.59. The lowest BCUT2D eigenvalue weighted by atomic mass is 10.1. The third-order valence-corrected chi connectivity index (χ3v) is 5.84. The Balaban J connectivity index is 0.00000182. The lowest BCUT2D eigenvalue weighted by Gasteiger charge is -2.23. The fraction of sp³-hybridized carbons (Fsp3) is 0.650. The van der Waals surface area contributed by atoms with Crippen LogP contribution in [0.4, 0.5) is 0 Å². The van der Waals surface area contributed by atoms with E-state index in [9.17, 15) is 0 Å². The number of halogens is 1. The minimum atomic E-state index is 0. The molecule has 4 rings (SSSR count). The summed E-state index contributed by atoms with van der Waals surface area (Å²) in [6.07, 6.45) is 5.32. The van der Waals surface area contributed by atoms with Crippen LogP contribution in [0, 0.1) is 5.92 Å². The summed E-state index contributed by atoms with van der Waals surface area (Å²) in [7, 11) is 1.93. The van der Waals surface area contributed by atoms with Crippen LogP contribution in [0.3, 0.4) is 0 Å². The van der Waals surface area contributed by atoms with Crippen molar-refractivity contribution >= 4 is 29.9 Å². The quantitative estimate of drug-likeness (QED) is 0.431. The zero-order valence-corrected chi connectivity index (χ0v) is 17.6. The average Bonchev–Trinajstić information content (AvgIpc) is 2.99. The van der Waals surface area contributed by atoms with Crippen molar-refractivity contribution < 1.29 is 0 Å². The van der Waals surface area contributed by atoms with E-state index in [0.717, 1.165) is 18.4 Å². The van der Waals surface area contributed by atoms with E-state index >= 15 is 0 Å². The predicted octanol–water partition coefficient (Wildman–Crippen LogP) is 3.15. The molecule has 2 saturated heterocycles. The van der Waals surface area contributed by atoms with E-state index in [-0.39, 0.29) is 24.0 Å². The van der Waals surface area contributed by atoms with Gasteiger partial charge in [-0.2, -0.15) is 0 Å². The summed E-state index contributed by atoms with van der Waals surface area (Å²) in [5.41, 5.74) is 1.46. The molecule has 1 saturated carbocycles. The van der Waals surface area contributed by atoms with Crippen LogP contribution in [0.25, 0.3) is 0 Å². The number of nitrogens with one attached hydrogen (secondary N) is 1. The maximum absolute atomic E-state index is 4.56. The van der Waals surface area contributed by atoms with Crippen molar-refractivity contribution in [1.82, 2.24) is 15.1 Å². The van der Waals surface area contributed by atoms with Gasteiger partial charge in [0.2, 0.25) is 0 Å². The number of aliphatic imine (C=N–C) groups is 1. The smallest absolute Gasteiger partial charge is 0.193 e. The number of likely N-dealkylation sites (tertiary alicyclic amines) is 2. The number of benzene rings is 1. The van der Waals surface area contributed by atoms with Gasteiger partial charge in [0.1, 0.15) is 0 Å². The zero-order chi connectivity index (χ0) is 16.4. The van der Waals surface area contributed by atoms with Crippen LogP contribution in [-0.2, 0) is 0 Å². The number of guanidine groups is 1. The Morgan fingerprint density at radius 1 is 1.16 bits per heavy atom. The van der Waals surface area contributed by atoms with Gasteiger partial charge < -0.3 is 15.1 Å². The molecule has 3 unspecified atom stereocenters. The molecule has 3 fully saturated rings. The van der Waals surface area contributed by atoms with Crippen LogP contribution < -0.4 is 5.32 Å². The molecule has 138 valence electrons. The third kappa shape index (κ3) is 4.67. The molecule has 1 aromatic carbocycles. The third-order valence-electron chi connectivity index (χ3n) is 5.84. The van der Waals surface area contributed by atoms with E-state index in [1.807, 2.05) is 7.05 Å². The zero-order valence-electron chi connectivity index (χ0n) is 15.2. The maximum atomic E-state index is 4.56. The fourth-order valence-electron chi connectivity index (χ4n) is 4.39. The molecule has 3 atom stereocenters. The second-order valence-electron chi connectivity index (χ2n) is 7.66. The van der Waals surface area contributed by atoms with E-state index in [1.165, 1.54) is 57.4 Å². The van der Waals surface area contributed by atoms with Crippen molar-refractivity contribution in [1.29, 1.82) is 0 Å². The molecule has 1 N–H and O–H groups in total. The second kappa shape index (κ2) is 8.71. The Bertz CT molecular complexity index is 570. The second-order valence-corrected chi connectivity index (χ2v) is 7.66. The van der Waals surface area contributed by atoms with Gasteiger partial charge in [0, 0.05) is 38.6 Å². The van der Waals surface area contributed by atoms with E-state index in [0.29, 0.717) is 12.0 Å². The maximum Gasteiger partial charge on any atom is 0.193 e. The molecule has 5 heteroatoms. The van der Waals surface area contributed by atoms with Crippen molar-refractivity contribution in [3.63, 3.8) is 0 Å². The summed E-state index contributed by atoms with van der Waals surface area (Å²) in [5.74, 6) is 2.58. The first-order valence-corrected chi connectivity index (χ1v) is 9.59. The van der Waals surface area contributed by atoms with Gasteiger partial charge in [-0.25, -0.2) is 0 Å². The standard InChI is InChI=1S/C20H30N4.HI/c1-21-20(22-19-13-18(19)17-7-3-2-4-8-17)24-12-9-16(15-24)14-23-10-5-6-11-23;/h2-4,7-8,16,18-19H,5-6,9-15H2,1H3,(H,21,22);1H.